The maximum absolute atomic E-state index is 13.3. The summed E-state index contributed by atoms with van der Waals surface area (Å²) >= 11 is 0. The van der Waals surface area contributed by atoms with Crippen molar-refractivity contribution in [1.82, 2.24) is 9.80 Å². The molecule has 2 aliphatic rings. The number of rotatable bonds is 4. The zero-order valence-electron chi connectivity index (χ0n) is 15.2. The van der Waals surface area contributed by atoms with E-state index in [1.807, 2.05) is 23.1 Å². The smallest absolute Gasteiger partial charge is 0.251 e. The van der Waals surface area contributed by atoms with Crippen molar-refractivity contribution in [2.75, 3.05) is 31.4 Å². The second kappa shape index (κ2) is 7.29. The first-order valence-corrected chi connectivity index (χ1v) is 9.32. The number of anilines is 1. The number of piperidine rings is 1. The number of hydrogen-bond donors (Lipinski definition) is 1. The number of carbonyl (C=O) groups excluding carboxylic acids is 1. The molecular weight excluding hydrogens is 345 g/mol. The second-order valence-electron chi connectivity index (χ2n) is 7.33. The highest BCUT2D eigenvalue weighted by atomic mass is 19.1. The quantitative estimate of drug-likeness (QED) is 0.899. The van der Waals surface area contributed by atoms with Crippen molar-refractivity contribution in [1.29, 1.82) is 0 Å². The average molecular weight is 369 g/mol. The first-order chi connectivity index (χ1) is 13.1. The summed E-state index contributed by atoms with van der Waals surface area (Å²) in [5, 5.41) is 9.61. The lowest BCUT2D eigenvalue weighted by molar-refractivity contribution is -0.136. The molecule has 2 aromatic rings. The van der Waals surface area contributed by atoms with E-state index < -0.39 is 5.54 Å². The molecule has 0 bridgehead atoms. The maximum Gasteiger partial charge on any atom is 0.251 e. The maximum atomic E-state index is 13.3. The van der Waals surface area contributed by atoms with Crippen LogP contribution in [0.15, 0.2) is 54.6 Å². The number of benzene rings is 2. The summed E-state index contributed by atoms with van der Waals surface area (Å²) in [7, 11) is 0. The van der Waals surface area contributed by atoms with Crippen molar-refractivity contribution in [3.05, 3.63) is 66.0 Å². The van der Waals surface area contributed by atoms with Crippen LogP contribution in [0, 0.1) is 5.82 Å². The minimum Gasteiger partial charge on any atom is -0.376 e. The van der Waals surface area contributed by atoms with Gasteiger partial charge >= 0.3 is 0 Å². The van der Waals surface area contributed by atoms with Gasteiger partial charge in [-0.15, -0.1) is 0 Å². The molecule has 2 fully saturated rings. The van der Waals surface area contributed by atoms with Crippen LogP contribution < -0.4 is 4.90 Å². The van der Waals surface area contributed by atoms with Crippen LogP contribution >= 0.6 is 0 Å². The van der Waals surface area contributed by atoms with E-state index in [4.69, 9.17) is 0 Å². The molecule has 2 saturated heterocycles. The number of halogens is 1. The van der Waals surface area contributed by atoms with E-state index in [1.54, 1.807) is 12.1 Å². The summed E-state index contributed by atoms with van der Waals surface area (Å²) < 4.78 is 13.3. The number of carbonyl (C=O) groups is 1. The number of amides is 1. The largest absolute Gasteiger partial charge is 0.376 e. The van der Waals surface area contributed by atoms with Gasteiger partial charge in [0.25, 0.3) is 5.91 Å². The van der Waals surface area contributed by atoms with E-state index in [0.29, 0.717) is 19.5 Å². The van der Waals surface area contributed by atoms with Gasteiger partial charge in [0.05, 0.1) is 6.67 Å². The number of likely N-dealkylation sites (tertiary alicyclic amines) is 1. The van der Waals surface area contributed by atoms with Crippen LogP contribution in [-0.2, 0) is 11.3 Å². The van der Waals surface area contributed by atoms with Gasteiger partial charge in [-0.1, -0.05) is 30.3 Å². The van der Waals surface area contributed by atoms with Gasteiger partial charge in [0, 0.05) is 25.3 Å². The van der Waals surface area contributed by atoms with Gasteiger partial charge in [0.1, 0.15) is 18.1 Å². The molecular formula is C21H24FN3O2. The van der Waals surface area contributed by atoms with Crippen molar-refractivity contribution in [3.8, 4) is 0 Å². The van der Waals surface area contributed by atoms with Crippen LogP contribution in [0.2, 0.25) is 0 Å². The summed E-state index contributed by atoms with van der Waals surface area (Å²) in [4.78, 5) is 18.9. The van der Waals surface area contributed by atoms with Crippen molar-refractivity contribution in [3.63, 3.8) is 0 Å². The van der Waals surface area contributed by atoms with Gasteiger partial charge in [-0.05, 0) is 42.7 Å². The number of aliphatic hydroxyl groups excluding tert-OH is 1. The van der Waals surface area contributed by atoms with Gasteiger partial charge in [-0.25, -0.2) is 4.39 Å². The molecule has 0 aliphatic carbocycles. The summed E-state index contributed by atoms with van der Waals surface area (Å²) in [6.07, 6.45) is 1.37. The third-order valence-electron chi connectivity index (χ3n) is 5.76. The monoisotopic (exact) mass is 369 g/mol. The zero-order chi connectivity index (χ0) is 18.9. The van der Waals surface area contributed by atoms with Gasteiger partial charge in [0.15, 0.2) is 0 Å². The van der Waals surface area contributed by atoms with Crippen LogP contribution in [0.5, 0.6) is 0 Å². The molecule has 5 nitrogen and oxygen atoms in total. The summed E-state index contributed by atoms with van der Waals surface area (Å²) in [6.45, 7) is 2.51. The molecule has 0 unspecified atom stereocenters. The highest BCUT2D eigenvalue weighted by molar-refractivity contribution is 5.93. The van der Waals surface area contributed by atoms with Gasteiger partial charge in [-0.3, -0.25) is 14.6 Å². The highest BCUT2D eigenvalue weighted by Gasteiger charge is 2.53. The molecule has 0 aromatic heterocycles. The summed E-state index contributed by atoms with van der Waals surface area (Å²) in [6, 6.07) is 16.6. The van der Waals surface area contributed by atoms with Crippen molar-refractivity contribution in [2.45, 2.75) is 24.9 Å². The molecule has 2 heterocycles. The first-order valence-electron chi connectivity index (χ1n) is 9.32. The Labute approximate surface area is 158 Å². The van der Waals surface area contributed by atoms with Crippen LogP contribution in [0.3, 0.4) is 0 Å². The summed E-state index contributed by atoms with van der Waals surface area (Å²) in [5.74, 6) is -0.330. The summed E-state index contributed by atoms with van der Waals surface area (Å²) in [5.41, 5.74) is 1.42. The predicted octanol–water partition coefficient (Wildman–Crippen LogP) is 2.42. The molecule has 2 aliphatic heterocycles. The Morgan fingerprint density at radius 3 is 2.30 bits per heavy atom. The number of nitrogens with zero attached hydrogens (tertiary/aromatic N) is 3. The molecule has 4 rings (SSSR count). The highest BCUT2D eigenvalue weighted by Crippen LogP contribution is 2.39. The van der Waals surface area contributed by atoms with E-state index in [1.165, 1.54) is 22.6 Å². The topological polar surface area (TPSA) is 47.0 Å². The molecule has 27 heavy (non-hydrogen) atoms. The van der Waals surface area contributed by atoms with Crippen LogP contribution in [0.4, 0.5) is 10.1 Å². The Balaban J connectivity index is 1.54. The van der Waals surface area contributed by atoms with Crippen molar-refractivity contribution < 1.29 is 14.3 Å². The molecule has 142 valence electrons. The average Bonchev–Trinajstić information content (AvgIpc) is 2.97. The first kappa shape index (κ1) is 17.9. The van der Waals surface area contributed by atoms with E-state index in [-0.39, 0.29) is 18.5 Å². The van der Waals surface area contributed by atoms with Crippen molar-refractivity contribution >= 4 is 11.6 Å². The lowest BCUT2D eigenvalue weighted by atomic mass is 9.85. The Bertz CT molecular complexity index is 789. The fourth-order valence-corrected chi connectivity index (χ4v) is 4.25. The van der Waals surface area contributed by atoms with E-state index in [2.05, 4.69) is 17.0 Å². The second-order valence-corrected chi connectivity index (χ2v) is 7.33. The Morgan fingerprint density at radius 1 is 1.00 bits per heavy atom. The SMILES string of the molecule is O=C1N(CO)CN(c2ccc(F)cc2)C12CCN(Cc1ccccc1)CC2. The standard InChI is InChI=1S/C21H24FN3O2/c22-18-6-8-19(9-7-18)25-15-24(16-26)20(27)21(25)10-12-23(13-11-21)14-17-4-2-1-3-5-17/h1-9,26H,10-16H2. The fraction of sp³-hybridized carbons (Fsp3) is 0.381. The van der Waals surface area contributed by atoms with E-state index >= 15 is 0 Å². The molecule has 2 aromatic carbocycles. The normalized spacial score (nSPS) is 19.9. The molecule has 1 amide bonds. The Morgan fingerprint density at radius 2 is 1.67 bits per heavy atom. The lowest BCUT2D eigenvalue weighted by Crippen LogP contribution is -2.56. The number of hydrogen-bond acceptors (Lipinski definition) is 4. The molecule has 1 spiro atoms. The van der Waals surface area contributed by atoms with E-state index in [0.717, 1.165) is 25.3 Å². The predicted molar refractivity (Wildman–Crippen MR) is 101 cm³/mol. The van der Waals surface area contributed by atoms with Gasteiger partial charge in [-0.2, -0.15) is 0 Å². The fourth-order valence-electron chi connectivity index (χ4n) is 4.25. The molecule has 6 heteroatoms. The number of aliphatic hydroxyl groups is 1. The Hall–Kier alpha value is -2.44. The van der Waals surface area contributed by atoms with Crippen molar-refractivity contribution in [2.24, 2.45) is 0 Å². The molecule has 0 saturated carbocycles. The van der Waals surface area contributed by atoms with Crippen LogP contribution in [-0.4, -0.2) is 52.8 Å². The molecule has 0 radical (unpaired) electrons. The van der Waals surface area contributed by atoms with Gasteiger partial charge in [0.2, 0.25) is 0 Å². The van der Waals surface area contributed by atoms with Gasteiger partial charge < -0.3 is 10.0 Å². The lowest BCUT2D eigenvalue weighted by Gasteiger charge is -2.43. The third kappa shape index (κ3) is 3.31. The van der Waals surface area contributed by atoms with Crippen LogP contribution in [0.25, 0.3) is 0 Å². The minimum atomic E-state index is -0.659. The molecule has 0 atom stereocenters. The Kier molecular flexibility index (Phi) is 4.85. The van der Waals surface area contributed by atoms with Crippen LogP contribution in [0.1, 0.15) is 18.4 Å². The molecule has 1 N–H and O–H groups in total. The minimum absolute atomic E-state index is 0.0336. The third-order valence-corrected chi connectivity index (χ3v) is 5.76. The zero-order valence-corrected chi connectivity index (χ0v) is 15.2. The van der Waals surface area contributed by atoms with E-state index in [9.17, 15) is 14.3 Å².